The summed E-state index contributed by atoms with van der Waals surface area (Å²) in [6.45, 7) is 1.86. The Morgan fingerprint density at radius 3 is 3.00 bits per heavy atom. The van der Waals surface area contributed by atoms with E-state index in [1.54, 1.807) is 7.11 Å². The summed E-state index contributed by atoms with van der Waals surface area (Å²) < 4.78 is 5.20. The minimum Gasteiger partial charge on any atom is -0.380 e. The maximum atomic E-state index is 5.20. The van der Waals surface area contributed by atoms with Gasteiger partial charge in [0, 0.05) is 13.2 Å². The van der Waals surface area contributed by atoms with Crippen molar-refractivity contribution in [2.75, 3.05) is 13.7 Å². The third kappa shape index (κ3) is 1.97. The maximum absolute atomic E-state index is 5.20. The number of rotatable bonds is 3. The Bertz CT molecular complexity index is 292. The number of benzene rings is 1. The number of nitrogens with one attached hydrogen (secondary N) is 1. The summed E-state index contributed by atoms with van der Waals surface area (Å²) in [5.41, 5.74) is 2.72. The first kappa shape index (κ1) is 9.69. The third-order valence-electron chi connectivity index (χ3n) is 2.79. The molecule has 0 radical (unpaired) electrons. The molecule has 0 saturated carbocycles. The number of ether oxygens (including phenoxy) is 1. The Kier molecular flexibility index (Phi) is 3.17. The van der Waals surface area contributed by atoms with E-state index in [4.69, 9.17) is 4.74 Å². The Balaban J connectivity index is 2.21. The van der Waals surface area contributed by atoms with Crippen molar-refractivity contribution in [3.63, 3.8) is 0 Å². The van der Waals surface area contributed by atoms with Crippen LogP contribution in [0.4, 0.5) is 0 Å². The first-order chi connectivity index (χ1) is 6.92. The zero-order valence-corrected chi connectivity index (χ0v) is 8.62. The SMILES string of the molecule is COCc1ccccc1C1CCCN1. The molecule has 2 rings (SSSR count). The summed E-state index contributed by atoms with van der Waals surface area (Å²) in [4.78, 5) is 0. The van der Waals surface area contributed by atoms with Crippen molar-refractivity contribution in [3.8, 4) is 0 Å². The lowest BCUT2D eigenvalue weighted by Gasteiger charge is -2.15. The smallest absolute Gasteiger partial charge is 0.0716 e. The van der Waals surface area contributed by atoms with Gasteiger partial charge in [0.2, 0.25) is 0 Å². The van der Waals surface area contributed by atoms with Crippen molar-refractivity contribution in [2.24, 2.45) is 0 Å². The van der Waals surface area contributed by atoms with E-state index in [2.05, 4.69) is 29.6 Å². The van der Waals surface area contributed by atoms with E-state index in [1.807, 2.05) is 0 Å². The van der Waals surface area contributed by atoms with Crippen molar-refractivity contribution in [1.82, 2.24) is 5.32 Å². The highest BCUT2D eigenvalue weighted by Gasteiger charge is 2.18. The van der Waals surface area contributed by atoms with E-state index >= 15 is 0 Å². The van der Waals surface area contributed by atoms with Crippen molar-refractivity contribution >= 4 is 0 Å². The molecule has 1 aromatic rings. The van der Waals surface area contributed by atoms with Crippen LogP contribution in [0.2, 0.25) is 0 Å². The van der Waals surface area contributed by atoms with Crippen LogP contribution in [0.1, 0.15) is 30.0 Å². The average Bonchev–Trinajstić information content (AvgIpc) is 2.72. The highest BCUT2D eigenvalue weighted by atomic mass is 16.5. The summed E-state index contributed by atoms with van der Waals surface area (Å²) in [6.07, 6.45) is 2.53. The zero-order valence-electron chi connectivity index (χ0n) is 8.62. The molecule has 1 heterocycles. The normalized spacial score (nSPS) is 21.4. The quantitative estimate of drug-likeness (QED) is 0.791. The van der Waals surface area contributed by atoms with E-state index in [1.165, 1.54) is 24.0 Å². The molecule has 0 aromatic heterocycles. The van der Waals surface area contributed by atoms with Gasteiger partial charge in [-0.15, -0.1) is 0 Å². The second-order valence-corrected chi connectivity index (χ2v) is 3.78. The van der Waals surface area contributed by atoms with Crippen molar-refractivity contribution in [1.29, 1.82) is 0 Å². The Hall–Kier alpha value is -0.860. The van der Waals surface area contributed by atoms with Crippen LogP contribution in [0.15, 0.2) is 24.3 Å². The van der Waals surface area contributed by atoms with Gasteiger partial charge in [-0.3, -0.25) is 0 Å². The molecule has 1 aromatic carbocycles. The van der Waals surface area contributed by atoms with Crippen LogP contribution in [-0.2, 0) is 11.3 Å². The lowest BCUT2D eigenvalue weighted by Crippen LogP contribution is -2.14. The average molecular weight is 191 g/mol. The number of hydrogen-bond donors (Lipinski definition) is 1. The monoisotopic (exact) mass is 191 g/mol. The van der Waals surface area contributed by atoms with Gasteiger partial charge >= 0.3 is 0 Å². The van der Waals surface area contributed by atoms with Gasteiger partial charge in [-0.2, -0.15) is 0 Å². The summed E-state index contributed by atoms with van der Waals surface area (Å²) in [5.74, 6) is 0. The first-order valence-corrected chi connectivity index (χ1v) is 5.22. The summed E-state index contributed by atoms with van der Waals surface area (Å²) >= 11 is 0. The van der Waals surface area contributed by atoms with E-state index < -0.39 is 0 Å². The molecule has 1 atom stereocenters. The highest BCUT2D eigenvalue weighted by Crippen LogP contribution is 2.26. The number of methoxy groups -OCH3 is 1. The predicted molar refractivity (Wildman–Crippen MR) is 57.1 cm³/mol. The van der Waals surface area contributed by atoms with Gasteiger partial charge in [-0.05, 0) is 30.5 Å². The predicted octanol–water partition coefficient (Wildman–Crippen LogP) is 2.26. The van der Waals surface area contributed by atoms with Gasteiger partial charge in [0.25, 0.3) is 0 Å². The zero-order chi connectivity index (χ0) is 9.80. The van der Waals surface area contributed by atoms with Gasteiger partial charge < -0.3 is 10.1 Å². The minimum atomic E-state index is 0.543. The molecule has 0 aliphatic carbocycles. The van der Waals surface area contributed by atoms with Crippen LogP contribution in [0, 0.1) is 0 Å². The van der Waals surface area contributed by atoms with Crippen molar-refractivity contribution < 1.29 is 4.74 Å². The molecule has 1 fully saturated rings. The molecule has 14 heavy (non-hydrogen) atoms. The molecular weight excluding hydrogens is 174 g/mol. The lowest BCUT2D eigenvalue weighted by molar-refractivity contribution is 0.183. The Labute approximate surface area is 85.3 Å². The molecule has 1 saturated heterocycles. The molecule has 1 unspecified atom stereocenters. The number of hydrogen-bond acceptors (Lipinski definition) is 2. The fraction of sp³-hybridized carbons (Fsp3) is 0.500. The van der Waals surface area contributed by atoms with Crippen molar-refractivity contribution in [2.45, 2.75) is 25.5 Å². The molecule has 0 spiro atoms. The molecule has 2 heteroatoms. The fourth-order valence-corrected chi connectivity index (χ4v) is 2.11. The molecule has 1 aliphatic heterocycles. The van der Waals surface area contributed by atoms with E-state index in [0.717, 1.165) is 6.54 Å². The van der Waals surface area contributed by atoms with E-state index in [9.17, 15) is 0 Å². The molecule has 0 amide bonds. The van der Waals surface area contributed by atoms with E-state index in [-0.39, 0.29) is 0 Å². The van der Waals surface area contributed by atoms with Crippen LogP contribution in [-0.4, -0.2) is 13.7 Å². The summed E-state index contributed by atoms with van der Waals surface area (Å²) in [6, 6.07) is 9.08. The molecule has 0 bridgehead atoms. The minimum absolute atomic E-state index is 0.543. The standard InChI is InChI=1S/C12H17NO/c1-14-9-10-5-2-3-6-11(10)12-7-4-8-13-12/h2-3,5-6,12-13H,4,7-9H2,1H3. The van der Waals surface area contributed by atoms with Gasteiger partial charge in [-0.25, -0.2) is 0 Å². The van der Waals surface area contributed by atoms with Crippen LogP contribution in [0.5, 0.6) is 0 Å². The van der Waals surface area contributed by atoms with Gasteiger partial charge in [0.05, 0.1) is 6.61 Å². The topological polar surface area (TPSA) is 21.3 Å². The summed E-state index contributed by atoms with van der Waals surface area (Å²) in [5, 5.41) is 3.52. The molecule has 2 nitrogen and oxygen atoms in total. The fourth-order valence-electron chi connectivity index (χ4n) is 2.11. The second-order valence-electron chi connectivity index (χ2n) is 3.78. The van der Waals surface area contributed by atoms with E-state index in [0.29, 0.717) is 12.6 Å². The molecular formula is C12H17NO. The molecule has 1 aliphatic rings. The summed E-state index contributed by atoms with van der Waals surface area (Å²) in [7, 11) is 1.75. The maximum Gasteiger partial charge on any atom is 0.0716 e. The van der Waals surface area contributed by atoms with Crippen LogP contribution < -0.4 is 5.32 Å². The lowest BCUT2D eigenvalue weighted by atomic mass is 10.00. The molecule has 1 N–H and O–H groups in total. The Morgan fingerprint density at radius 1 is 1.43 bits per heavy atom. The third-order valence-corrected chi connectivity index (χ3v) is 2.79. The Morgan fingerprint density at radius 2 is 2.29 bits per heavy atom. The van der Waals surface area contributed by atoms with Crippen LogP contribution >= 0.6 is 0 Å². The highest BCUT2D eigenvalue weighted by molar-refractivity contribution is 5.30. The van der Waals surface area contributed by atoms with Gasteiger partial charge in [0.1, 0.15) is 0 Å². The largest absolute Gasteiger partial charge is 0.380 e. The first-order valence-electron chi connectivity index (χ1n) is 5.22. The molecule has 76 valence electrons. The van der Waals surface area contributed by atoms with Crippen molar-refractivity contribution in [3.05, 3.63) is 35.4 Å². The van der Waals surface area contributed by atoms with Crippen LogP contribution in [0.25, 0.3) is 0 Å². The van der Waals surface area contributed by atoms with Crippen LogP contribution in [0.3, 0.4) is 0 Å². The second kappa shape index (κ2) is 4.58. The van der Waals surface area contributed by atoms with Gasteiger partial charge in [-0.1, -0.05) is 24.3 Å². The van der Waals surface area contributed by atoms with Gasteiger partial charge in [0.15, 0.2) is 0 Å².